The molecule has 1 unspecified atom stereocenters. The van der Waals surface area contributed by atoms with E-state index in [0.717, 1.165) is 86.4 Å². The number of nitrogens with zero attached hydrogens (tertiary/aromatic N) is 2. The van der Waals surface area contributed by atoms with Gasteiger partial charge in [0.2, 0.25) is 5.91 Å². The summed E-state index contributed by atoms with van der Waals surface area (Å²) in [6.45, 7) is 3.61. The van der Waals surface area contributed by atoms with Crippen LogP contribution in [0.15, 0.2) is 66.7 Å². The van der Waals surface area contributed by atoms with Crippen molar-refractivity contribution in [3.63, 3.8) is 0 Å². The van der Waals surface area contributed by atoms with Crippen molar-refractivity contribution in [3.8, 4) is 11.1 Å². The summed E-state index contributed by atoms with van der Waals surface area (Å²) in [5.74, 6) is -0.0859. The number of hydrogen-bond donors (Lipinski definition) is 3. The molecule has 39 heavy (non-hydrogen) atoms. The van der Waals surface area contributed by atoms with Crippen LogP contribution in [0.25, 0.3) is 11.1 Å². The number of carboxylic acids is 1. The summed E-state index contributed by atoms with van der Waals surface area (Å²) < 4.78 is 0. The summed E-state index contributed by atoms with van der Waals surface area (Å²) in [6, 6.07) is 21.6. The maximum Gasteiger partial charge on any atom is 0.305 e. The lowest BCUT2D eigenvalue weighted by atomic mass is 9.94. The number of aliphatic carboxylic acids is 1. The van der Waals surface area contributed by atoms with Crippen LogP contribution in [0.5, 0.6) is 0 Å². The predicted octanol–water partition coefficient (Wildman–Crippen LogP) is 5.08. The summed E-state index contributed by atoms with van der Waals surface area (Å²) in [6.07, 6.45) is 5.81. The zero-order valence-corrected chi connectivity index (χ0v) is 22.4. The van der Waals surface area contributed by atoms with E-state index in [4.69, 9.17) is 4.98 Å². The van der Waals surface area contributed by atoms with Crippen LogP contribution in [0.3, 0.4) is 0 Å². The summed E-state index contributed by atoms with van der Waals surface area (Å²) in [4.78, 5) is 32.2. The van der Waals surface area contributed by atoms with E-state index in [9.17, 15) is 14.7 Å². The Balaban J connectivity index is 1.17. The molecule has 0 spiro atoms. The Kier molecular flexibility index (Phi) is 8.89. The van der Waals surface area contributed by atoms with Crippen molar-refractivity contribution in [1.29, 1.82) is 0 Å². The van der Waals surface area contributed by atoms with E-state index in [1.165, 1.54) is 5.56 Å². The van der Waals surface area contributed by atoms with Crippen LogP contribution >= 0.6 is 0 Å². The average molecular weight is 527 g/mol. The van der Waals surface area contributed by atoms with Crippen molar-refractivity contribution in [3.05, 3.63) is 83.6 Å². The number of piperidine rings is 1. The predicted molar refractivity (Wildman–Crippen MR) is 154 cm³/mol. The SMILES string of the molecule is O=C(O)CC(NC(=O)[C@@H]1CCCN(CCCc2ccc3c(n2)NCCC3)C1)c1cccc(-c2ccccc2)c1. The third kappa shape index (κ3) is 7.24. The van der Waals surface area contributed by atoms with Gasteiger partial charge >= 0.3 is 5.97 Å². The van der Waals surface area contributed by atoms with Crippen LogP contribution < -0.4 is 10.6 Å². The molecule has 2 aliphatic rings. The van der Waals surface area contributed by atoms with E-state index in [1.54, 1.807) is 0 Å². The molecule has 0 radical (unpaired) electrons. The van der Waals surface area contributed by atoms with Gasteiger partial charge in [-0.25, -0.2) is 4.98 Å². The van der Waals surface area contributed by atoms with Crippen LogP contribution in [0.1, 0.15) is 55.0 Å². The lowest BCUT2D eigenvalue weighted by Crippen LogP contribution is -2.44. The number of aromatic nitrogens is 1. The molecular formula is C32H38N4O3. The Bertz CT molecular complexity index is 1280. The molecule has 2 aliphatic heterocycles. The number of benzene rings is 2. The molecule has 204 valence electrons. The molecule has 1 fully saturated rings. The maximum absolute atomic E-state index is 13.3. The van der Waals surface area contributed by atoms with Gasteiger partial charge in [-0.2, -0.15) is 0 Å². The van der Waals surface area contributed by atoms with Gasteiger partial charge in [0.25, 0.3) is 0 Å². The van der Waals surface area contributed by atoms with Gasteiger partial charge in [-0.05, 0) is 86.0 Å². The summed E-state index contributed by atoms with van der Waals surface area (Å²) in [5.41, 5.74) is 5.30. The van der Waals surface area contributed by atoms with Crippen molar-refractivity contribution in [2.75, 3.05) is 31.5 Å². The molecule has 0 saturated carbocycles. The molecule has 3 N–H and O–H groups in total. The van der Waals surface area contributed by atoms with E-state index in [1.807, 2.05) is 54.6 Å². The van der Waals surface area contributed by atoms with Crippen molar-refractivity contribution in [1.82, 2.24) is 15.2 Å². The van der Waals surface area contributed by atoms with Crippen LogP contribution in [0, 0.1) is 5.92 Å². The summed E-state index contributed by atoms with van der Waals surface area (Å²) >= 11 is 0. The molecule has 0 aliphatic carbocycles. The van der Waals surface area contributed by atoms with E-state index in [2.05, 4.69) is 27.7 Å². The van der Waals surface area contributed by atoms with Gasteiger partial charge in [0, 0.05) is 18.8 Å². The van der Waals surface area contributed by atoms with Gasteiger partial charge in [-0.15, -0.1) is 0 Å². The Morgan fingerprint density at radius 2 is 1.90 bits per heavy atom. The van der Waals surface area contributed by atoms with Gasteiger partial charge < -0.3 is 20.6 Å². The first-order valence-corrected chi connectivity index (χ1v) is 14.2. The van der Waals surface area contributed by atoms with E-state index in [-0.39, 0.29) is 18.2 Å². The minimum atomic E-state index is -0.929. The van der Waals surface area contributed by atoms with Crippen LogP contribution in [0.2, 0.25) is 0 Å². The molecule has 1 aromatic heterocycles. The normalized spacial score (nSPS) is 18.0. The van der Waals surface area contributed by atoms with Gasteiger partial charge in [0.05, 0.1) is 18.4 Å². The fourth-order valence-corrected chi connectivity index (χ4v) is 5.75. The maximum atomic E-state index is 13.3. The van der Waals surface area contributed by atoms with Crippen LogP contribution in [0.4, 0.5) is 5.82 Å². The van der Waals surface area contributed by atoms with Gasteiger partial charge in [-0.3, -0.25) is 9.59 Å². The lowest BCUT2D eigenvalue weighted by Gasteiger charge is -2.33. The number of aryl methyl sites for hydroxylation is 2. The van der Waals surface area contributed by atoms with Gasteiger partial charge in [0.15, 0.2) is 0 Å². The van der Waals surface area contributed by atoms with Crippen molar-refractivity contribution >= 4 is 17.7 Å². The standard InChI is InChI=1S/C32H38N4O3/c37-30(38)21-29(26-11-4-10-25(20-26)23-8-2-1-3-9-23)35-32(39)27-13-6-18-36(22-27)19-7-14-28-16-15-24-12-5-17-33-31(24)34-28/h1-4,8-11,15-16,20,27,29H,5-7,12-14,17-19,21-22H2,(H,33,34)(H,35,39)(H,37,38)/t27-,29?/m1/s1. The summed E-state index contributed by atoms with van der Waals surface area (Å²) in [7, 11) is 0. The molecule has 2 atom stereocenters. The van der Waals surface area contributed by atoms with Crippen molar-refractivity contribution in [2.45, 2.75) is 51.0 Å². The second-order valence-corrected chi connectivity index (χ2v) is 10.7. The molecule has 0 bridgehead atoms. The average Bonchev–Trinajstić information content (AvgIpc) is 2.97. The van der Waals surface area contributed by atoms with Crippen LogP contribution in [-0.2, 0) is 22.4 Å². The molecule has 3 heterocycles. The number of rotatable bonds is 10. The number of likely N-dealkylation sites (tertiary alicyclic amines) is 1. The number of amides is 1. The Hall–Kier alpha value is -3.71. The smallest absolute Gasteiger partial charge is 0.305 e. The zero-order chi connectivity index (χ0) is 27.0. The molecule has 7 nitrogen and oxygen atoms in total. The quantitative estimate of drug-likeness (QED) is 0.341. The minimum absolute atomic E-state index is 0.0570. The second-order valence-electron chi connectivity index (χ2n) is 10.7. The number of nitrogens with one attached hydrogen (secondary N) is 2. The van der Waals surface area contributed by atoms with Gasteiger partial charge in [-0.1, -0.05) is 54.6 Å². The van der Waals surface area contributed by atoms with Crippen molar-refractivity contribution < 1.29 is 14.7 Å². The third-order valence-corrected chi connectivity index (χ3v) is 7.83. The molecule has 1 amide bonds. The number of anilines is 1. The highest BCUT2D eigenvalue weighted by Crippen LogP contribution is 2.26. The third-order valence-electron chi connectivity index (χ3n) is 7.83. The van der Waals surface area contributed by atoms with Crippen LogP contribution in [-0.4, -0.2) is 53.0 Å². The molecule has 2 aromatic carbocycles. The Labute approximate surface area is 230 Å². The molecule has 7 heteroatoms. The molecular weight excluding hydrogens is 488 g/mol. The Morgan fingerprint density at radius 3 is 2.74 bits per heavy atom. The molecule has 1 saturated heterocycles. The number of carbonyl (C=O) groups is 2. The Morgan fingerprint density at radius 1 is 1.05 bits per heavy atom. The zero-order valence-electron chi connectivity index (χ0n) is 22.4. The first kappa shape index (κ1) is 26.9. The first-order chi connectivity index (χ1) is 19.0. The van der Waals surface area contributed by atoms with E-state index >= 15 is 0 Å². The second kappa shape index (κ2) is 12.9. The van der Waals surface area contributed by atoms with E-state index < -0.39 is 12.0 Å². The van der Waals surface area contributed by atoms with E-state index in [0.29, 0.717) is 6.54 Å². The lowest BCUT2D eigenvalue weighted by molar-refractivity contribution is -0.138. The highest BCUT2D eigenvalue weighted by Gasteiger charge is 2.28. The molecule has 5 rings (SSSR count). The largest absolute Gasteiger partial charge is 0.481 e. The highest BCUT2D eigenvalue weighted by atomic mass is 16.4. The molecule has 3 aromatic rings. The number of fused-ring (bicyclic) bond motifs is 1. The fraction of sp³-hybridized carbons (Fsp3) is 0.406. The fourth-order valence-electron chi connectivity index (χ4n) is 5.75. The first-order valence-electron chi connectivity index (χ1n) is 14.2. The van der Waals surface area contributed by atoms with Gasteiger partial charge in [0.1, 0.15) is 5.82 Å². The van der Waals surface area contributed by atoms with Crippen molar-refractivity contribution in [2.24, 2.45) is 5.92 Å². The number of hydrogen-bond acceptors (Lipinski definition) is 5. The summed E-state index contributed by atoms with van der Waals surface area (Å²) in [5, 5.41) is 16.1. The minimum Gasteiger partial charge on any atom is -0.481 e. The number of carbonyl (C=O) groups excluding carboxylic acids is 1. The highest BCUT2D eigenvalue weighted by molar-refractivity contribution is 5.80. The number of carboxylic acid groups (broad SMARTS) is 1. The number of pyridine rings is 1. The monoisotopic (exact) mass is 526 g/mol. The topological polar surface area (TPSA) is 94.6 Å².